The highest BCUT2D eigenvalue weighted by atomic mass is 27.0. The van der Waals surface area contributed by atoms with Gasteiger partial charge in [0, 0.05) is 0 Å². The molecule has 5 heavy (non-hydrogen) atoms. The molecule has 0 unspecified atom stereocenters. The summed E-state index contributed by atoms with van der Waals surface area (Å²) in [6, 6.07) is 0. The molecule has 0 saturated heterocycles. The standard InChI is InChI=1S/C2H3O2.Al.2H/c1-2(3)4;;;/h1H2,(H,3,4);;;. The lowest BCUT2D eigenvalue weighted by Crippen LogP contribution is -1.89. The lowest BCUT2D eigenvalue weighted by molar-refractivity contribution is -0.134. The Bertz CT molecular complexity index is 42.9. The van der Waals surface area contributed by atoms with E-state index in [-0.39, 0.29) is 0 Å². The molecule has 0 aromatic rings. The first kappa shape index (κ1) is 5.00. The van der Waals surface area contributed by atoms with Gasteiger partial charge in [-0.1, -0.05) is 0 Å². The maximum Gasteiger partial charge on any atom is 0.289 e. The zero-order chi connectivity index (χ0) is 4.28. The number of carboxylic acids is 1. The van der Waals surface area contributed by atoms with Gasteiger partial charge in [-0.2, -0.15) is 0 Å². The highest BCUT2D eigenvalue weighted by molar-refractivity contribution is 6.18. The fourth-order valence-corrected chi connectivity index (χ4v) is 0. The Morgan fingerprint density at radius 1 is 2.00 bits per heavy atom. The van der Waals surface area contributed by atoms with Crippen LogP contribution in [0.5, 0.6) is 0 Å². The van der Waals surface area contributed by atoms with Gasteiger partial charge in [-0.3, -0.25) is 4.79 Å². The van der Waals surface area contributed by atoms with Crippen molar-refractivity contribution in [3.8, 4) is 0 Å². The molecule has 0 amide bonds. The minimum atomic E-state index is -0.684. The normalized spacial score (nSPS) is 7.20. The van der Waals surface area contributed by atoms with E-state index in [9.17, 15) is 4.79 Å². The SMILES string of the molecule is O=C(O)[CH2][AlH2]. The first-order valence-electron chi connectivity index (χ1n) is 1.49. The second-order valence-electron chi connectivity index (χ2n) is 0.747. The maximum absolute atomic E-state index is 9.40. The van der Waals surface area contributed by atoms with E-state index in [0.29, 0.717) is 5.28 Å². The Morgan fingerprint density at radius 2 is 2.20 bits per heavy atom. The fourth-order valence-electron chi connectivity index (χ4n) is 0. The number of carboxylic acid groups (broad SMARTS) is 1. The molecule has 0 radical (unpaired) electrons. The van der Waals surface area contributed by atoms with Crippen molar-refractivity contribution >= 4 is 22.3 Å². The largest absolute Gasteiger partial charge is 0.482 e. The highest BCUT2D eigenvalue weighted by Crippen LogP contribution is 1.63. The van der Waals surface area contributed by atoms with Gasteiger partial charge in [0.05, 0.1) is 0 Å². The maximum atomic E-state index is 9.40. The predicted molar refractivity (Wildman–Crippen MR) is 21.0 cm³/mol. The van der Waals surface area contributed by atoms with Crippen molar-refractivity contribution in [2.24, 2.45) is 0 Å². The van der Waals surface area contributed by atoms with Crippen molar-refractivity contribution < 1.29 is 9.90 Å². The highest BCUT2D eigenvalue weighted by Gasteiger charge is 1.81. The van der Waals surface area contributed by atoms with E-state index in [1.54, 1.807) is 0 Å². The van der Waals surface area contributed by atoms with Gasteiger partial charge in [-0.25, -0.2) is 0 Å². The van der Waals surface area contributed by atoms with Crippen LogP contribution in [-0.4, -0.2) is 27.4 Å². The van der Waals surface area contributed by atoms with Crippen molar-refractivity contribution in [2.45, 2.75) is 5.28 Å². The third-order valence-electron chi connectivity index (χ3n) is 0.302. The Labute approximate surface area is 38.2 Å². The molecule has 0 aliphatic carbocycles. The average Bonchev–Trinajstić information content (AvgIpc) is 1.38. The van der Waals surface area contributed by atoms with Gasteiger partial charge in [-0.15, -0.1) is 0 Å². The van der Waals surface area contributed by atoms with E-state index in [1.807, 2.05) is 0 Å². The summed E-state index contributed by atoms with van der Waals surface area (Å²) >= 11 is 0.774. The first-order valence-corrected chi connectivity index (χ1v) is 2.90. The van der Waals surface area contributed by atoms with Crippen molar-refractivity contribution in [1.82, 2.24) is 0 Å². The zero-order valence-electron chi connectivity index (χ0n) is 3.06. The Balaban J connectivity index is 2.85. The van der Waals surface area contributed by atoms with Crippen LogP contribution in [0.4, 0.5) is 0 Å². The van der Waals surface area contributed by atoms with E-state index in [2.05, 4.69) is 0 Å². The Kier molecular flexibility index (Phi) is 2.25. The van der Waals surface area contributed by atoms with E-state index < -0.39 is 5.97 Å². The van der Waals surface area contributed by atoms with Crippen LogP contribution in [0.3, 0.4) is 0 Å². The molecule has 0 aromatic heterocycles. The molecule has 0 saturated carbocycles. The predicted octanol–water partition coefficient (Wildman–Crippen LogP) is -0.878. The molecule has 0 rings (SSSR count). The smallest absolute Gasteiger partial charge is 0.289 e. The Morgan fingerprint density at radius 3 is 2.20 bits per heavy atom. The van der Waals surface area contributed by atoms with Crippen LogP contribution in [0, 0.1) is 0 Å². The van der Waals surface area contributed by atoms with Gasteiger partial charge in [-0.05, 0) is 5.28 Å². The molecule has 1 N–H and O–H groups in total. The molecule has 0 bridgehead atoms. The molecule has 0 atom stereocenters. The van der Waals surface area contributed by atoms with E-state index in [0.717, 1.165) is 16.3 Å². The summed E-state index contributed by atoms with van der Waals surface area (Å²) in [7, 11) is 0. The molecule has 0 aromatic carbocycles. The summed E-state index contributed by atoms with van der Waals surface area (Å²) in [6.07, 6.45) is 0. The summed E-state index contributed by atoms with van der Waals surface area (Å²) in [6.45, 7) is 0. The van der Waals surface area contributed by atoms with Crippen LogP contribution in [0.2, 0.25) is 5.28 Å². The van der Waals surface area contributed by atoms with Gasteiger partial charge in [0.2, 0.25) is 16.3 Å². The summed E-state index contributed by atoms with van der Waals surface area (Å²) < 4.78 is 0. The molecular weight excluding hydrogens is 83.0 g/mol. The number of aliphatic carboxylic acids is 1. The van der Waals surface area contributed by atoms with Crippen LogP contribution in [0.1, 0.15) is 0 Å². The van der Waals surface area contributed by atoms with E-state index >= 15 is 0 Å². The third-order valence-corrected chi connectivity index (χ3v) is 0.907. The zero-order valence-corrected chi connectivity index (χ0v) is 5.06. The minimum Gasteiger partial charge on any atom is -0.482 e. The molecule has 2 nitrogen and oxygen atoms in total. The molecule has 0 aliphatic rings. The van der Waals surface area contributed by atoms with E-state index in [1.165, 1.54) is 0 Å². The van der Waals surface area contributed by atoms with Crippen LogP contribution >= 0.6 is 0 Å². The van der Waals surface area contributed by atoms with Crippen molar-refractivity contribution in [3.63, 3.8) is 0 Å². The molecule has 0 aliphatic heterocycles. The lowest BCUT2D eigenvalue weighted by Gasteiger charge is -1.71. The van der Waals surface area contributed by atoms with Crippen molar-refractivity contribution in [2.75, 3.05) is 0 Å². The molecular formula is C2H5AlO2. The van der Waals surface area contributed by atoms with Crippen LogP contribution in [0.15, 0.2) is 0 Å². The van der Waals surface area contributed by atoms with Crippen LogP contribution < -0.4 is 0 Å². The molecule has 28 valence electrons. The topological polar surface area (TPSA) is 37.3 Å². The van der Waals surface area contributed by atoms with Crippen molar-refractivity contribution in [1.29, 1.82) is 0 Å². The average molecular weight is 88.0 g/mol. The molecule has 0 heterocycles. The summed E-state index contributed by atoms with van der Waals surface area (Å²) in [5.74, 6) is -0.684. The van der Waals surface area contributed by atoms with E-state index in [4.69, 9.17) is 5.11 Å². The van der Waals surface area contributed by atoms with Crippen molar-refractivity contribution in [3.05, 3.63) is 0 Å². The van der Waals surface area contributed by atoms with Gasteiger partial charge >= 0.3 is 0 Å². The van der Waals surface area contributed by atoms with Gasteiger partial charge in [0.15, 0.2) is 0 Å². The number of carbonyl (C=O) groups is 1. The van der Waals surface area contributed by atoms with Gasteiger partial charge in [0.25, 0.3) is 5.97 Å². The number of hydrogen-bond donors (Lipinski definition) is 1. The number of hydrogen-bond acceptors (Lipinski definition) is 1. The summed E-state index contributed by atoms with van der Waals surface area (Å²) in [4.78, 5) is 9.40. The second-order valence-corrected chi connectivity index (χ2v) is 1.45. The lowest BCUT2D eigenvalue weighted by atomic mass is 10.8. The second kappa shape index (κ2) is 2.25. The quantitative estimate of drug-likeness (QED) is 0.423. The van der Waals surface area contributed by atoms with Crippen LogP contribution in [0.25, 0.3) is 0 Å². The monoisotopic (exact) mass is 88.0 g/mol. The number of rotatable bonds is 1. The fraction of sp³-hybridized carbons (Fsp3) is 0.500. The Hall–Kier alpha value is 0.00247. The molecule has 3 heteroatoms. The first-order chi connectivity index (χ1) is 2.27. The minimum absolute atomic E-state index is 0.361. The molecule has 0 fully saturated rings. The molecule has 0 spiro atoms. The summed E-state index contributed by atoms with van der Waals surface area (Å²) in [5, 5.41) is 8.12. The summed E-state index contributed by atoms with van der Waals surface area (Å²) in [5.41, 5.74) is 0. The van der Waals surface area contributed by atoms with Gasteiger partial charge < -0.3 is 5.11 Å². The van der Waals surface area contributed by atoms with Gasteiger partial charge in [0.1, 0.15) is 0 Å². The third kappa shape index (κ3) is 4.00. The van der Waals surface area contributed by atoms with Crippen LogP contribution in [-0.2, 0) is 4.79 Å².